The molecule has 0 spiro atoms. The van der Waals surface area contributed by atoms with Crippen molar-refractivity contribution in [3.63, 3.8) is 0 Å². The molecule has 4 nitrogen and oxygen atoms in total. The quantitative estimate of drug-likeness (QED) is 0.330. The van der Waals surface area contributed by atoms with Crippen LogP contribution in [0.15, 0.2) is 42.5 Å². The Kier molecular flexibility index (Phi) is 5.30. The van der Waals surface area contributed by atoms with Crippen LogP contribution in [-0.2, 0) is 19.4 Å². The highest BCUT2D eigenvalue weighted by molar-refractivity contribution is 7.22. The normalized spacial score (nSPS) is 15.0. The molecule has 5 rings (SSSR count). The van der Waals surface area contributed by atoms with Gasteiger partial charge in [0.05, 0.1) is 15.8 Å². The number of carbonyl (C=O) groups is 1. The number of nitrogens with zero attached hydrogens (tertiary/aromatic N) is 1. The van der Waals surface area contributed by atoms with Gasteiger partial charge in [-0.3, -0.25) is 0 Å². The lowest BCUT2D eigenvalue weighted by Crippen LogP contribution is -2.22. The van der Waals surface area contributed by atoms with E-state index in [-0.39, 0.29) is 5.41 Å². The molecule has 2 aromatic carbocycles. The average Bonchev–Trinajstić information content (AvgIpc) is 3.32. The van der Waals surface area contributed by atoms with Crippen molar-refractivity contribution in [2.75, 3.05) is 5.32 Å². The predicted octanol–water partition coefficient (Wildman–Crippen LogP) is 7.16. The van der Waals surface area contributed by atoms with Crippen molar-refractivity contribution in [2.24, 2.45) is 5.41 Å². The van der Waals surface area contributed by atoms with Gasteiger partial charge in [-0.05, 0) is 66.0 Å². The molecular weight excluding hydrogens is 436 g/mol. The Morgan fingerprint density at radius 2 is 1.94 bits per heavy atom. The Morgan fingerprint density at radius 1 is 1.16 bits per heavy atom. The summed E-state index contributed by atoms with van der Waals surface area (Å²) in [5.74, 6) is -0.813. The van der Waals surface area contributed by atoms with Crippen LogP contribution in [0.1, 0.15) is 52.2 Å². The molecule has 2 aromatic heterocycles. The van der Waals surface area contributed by atoms with E-state index in [1.807, 2.05) is 12.1 Å². The minimum atomic E-state index is -0.813. The van der Waals surface area contributed by atoms with Crippen molar-refractivity contribution in [1.82, 2.24) is 4.98 Å². The van der Waals surface area contributed by atoms with E-state index in [9.17, 15) is 9.90 Å². The zero-order chi connectivity index (χ0) is 22.5. The molecule has 0 saturated carbocycles. The first-order chi connectivity index (χ1) is 15.3. The van der Waals surface area contributed by atoms with Crippen molar-refractivity contribution in [3.8, 4) is 10.4 Å². The lowest BCUT2D eigenvalue weighted by molar-refractivity contribution is 0.0696. The van der Waals surface area contributed by atoms with Gasteiger partial charge in [-0.15, -0.1) is 11.3 Å². The van der Waals surface area contributed by atoms with E-state index >= 15 is 0 Å². The third-order valence-corrected chi connectivity index (χ3v) is 8.51. The average molecular weight is 463 g/mol. The van der Waals surface area contributed by atoms with Crippen molar-refractivity contribution < 1.29 is 9.90 Å². The fourth-order valence-corrected chi connectivity index (χ4v) is 6.68. The molecule has 0 radical (unpaired) electrons. The van der Waals surface area contributed by atoms with Gasteiger partial charge < -0.3 is 10.4 Å². The summed E-state index contributed by atoms with van der Waals surface area (Å²) in [7, 11) is 0. The Bertz CT molecular complexity index is 1320. The SMILES string of the molecule is Cc1ccc2nc(NCc3ccc(-c4sc5c(c4C(=O)O)CC(C)(C)CC5)cc3)sc2c1. The fraction of sp³-hybridized carbons (Fsp3) is 0.308. The van der Waals surface area contributed by atoms with E-state index in [0.717, 1.165) is 51.5 Å². The molecule has 2 N–H and O–H groups in total. The van der Waals surface area contributed by atoms with Crippen LogP contribution in [0.3, 0.4) is 0 Å². The van der Waals surface area contributed by atoms with E-state index < -0.39 is 5.97 Å². The van der Waals surface area contributed by atoms with Crippen LogP contribution in [0.4, 0.5) is 5.13 Å². The molecule has 0 aliphatic heterocycles. The topological polar surface area (TPSA) is 62.2 Å². The largest absolute Gasteiger partial charge is 0.478 e. The number of aromatic nitrogens is 1. The van der Waals surface area contributed by atoms with Gasteiger partial charge in [-0.25, -0.2) is 9.78 Å². The van der Waals surface area contributed by atoms with Crippen LogP contribution < -0.4 is 5.32 Å². The maximum Gasteiger partial charge on any atom is 0.337 e. The van der Waals surface area contributed by atoms with Gasteiger partial charge in [0.25, 0.3) is 0 Å². The van der Waals surface area contributed by atoms with Gasteiger partial charge in [0, 0.05) is 16.3 Å². The van der Waals surface area contributed by atoms with Crippen LogP contribution in [0.25, 0.3) is 20.7 Å². The number of thiazole rings is 1. The number of aryl methyl sites for hydroxylation is 2. The number of carboxylic acids is 1. The van der Waals surface area contributed by atoms with Crippen LogP contribution in [0.2, 0.25) is 0 Å². The number of hydrogen-bond acceptors (Lipinski definition) is 5. The number of anilines is 1. The maximum absolute atomic E-state index is 12.2. The number of nitrogens with one attached hydrogen (secondary N) is 1. The molecule has 0 unspecified atom stereocenters. The molecule has 1 aliphatic rings. The summed E-state index contributed by atoms with van der Waals surface area (Å²) in [4.78, 5) is 18.9. The molecule has 0 fully saturated rings. The van der Waals surface area contributed by atoms with Gasteiger partial charge in [0.2, 0.25) is 0 Å². The van der Waals surface area contributed by atoms with Gasteiger partial charge in [0.15, 0.2) is 5.13 Å². The van der Waals surface area contributed by atoms with E-state index in [1.165, 1.54) is 15.1 Å². The highest BCUT2D eigenvalue weighted by atomic mass is 32.1. The first kappa shape index (κ1) is 21.2. The van der Waals surface area contributed by atoms with Crippen molar-refractivity contribution in [2.45, 2.75) is 46.6 Å². The highest BCUT2D eigenvalue weighted by Gasteiger charge is 2.32. The molecule has 0 amide bonds. The van der Waals surface area contributed by atoms with Crippen molar-refractivity contribution in [1.29, 1.82) is 0 Å². The standard InChI is InChI=1S/C26H26N2O2S2/c1-15-4-9-19-21(12-15)32-25(28-19)27-14-16-5-7-17(8-6-16)23-22(24(29)30)18-13-26(2,3)11-10-20(18)31-23/h4-9,12H,10-11,13-14H2,1-3H3,(H,27,28)(H,29,30). The third kappa shape index (κ3) is 4.05. The molecule has 32 heavy (non-hydrogen) atoms. The molecule has 0 atom stereocenters. The number of thiophene rings is 1. The summed E-state index contributed by atoms with van der Waals surface area (Å²) in [6.07, 6.45) is 2.91. The minimum Gasteiger partial charge on any atom is -0.478 e. The summed E-state index contributed by atoms with van der Waals surface area (Å²) in [5.41, 5.74) is 6.10. The van der Waals surface area contributed by atoms with Crippen LogP contribution in [0, 0.1) is 12.3 Å². The number of carboxylic acid groups (broad SMARTS) is 1. The minimum absolute atomic E-state index is 0.157. The monoisotopic (exact) mass is 462 g/mol. The number of rotatable bonds is 5. The highest BCUT2D eigenvalue weighted by Crippen LogP contribution is 2.45. The second-order valence-electron chi connectivity index (χ2n) is 9.39. The second kappa shape index (κ2) is 8.01. The molecule has 0 saturated heterocycles. The van der Waals surface area contributed by atoms with Gasteiger partial charge in [0.1, 0.15) is 0 Å². The predicted molar refractivity (Wildman–Crippen MR) is 134 cm³/mol. The molecule has 1 aliphatic carbocycles. The number of fused-ring (bicyclic) bond motifs is 2. The number of aromatic carboxylic acids is 1. The van der Waals surface area contributed by atoms with Gasteiger partial charge in [-0.1, -0.05) is 55.5 Å². The molecule has 2 heterocycles. The van der Waals surface area contributed by atoms with E-state index in [4.69, 9.17) is 0 Å². The molecule has 0 bridgehead atoms. The first-order valence-electron chi connectivity index (χ1n) is 10.9. The lowest BCUT2D eigenvalue weighted by atomic mass is 9.76. The first-order valence-corrected chi connectivity index (χ1v) is 12.5. The summed E-state index contributed by atoms with van der Waals surface area (Å²) < 4.78 is 1.19. The zero-order valence-electron chi connectivity index (χ0n) is 18.5. The van der Waals surface area contributed by atoms with Crippen molar-refractivity contribution in [3.05, 3.63) is 69.6 Å². The van der Waals surface area contributed by atoms with E-state index in [0.29, 0.717) is 12.1 Å². The lowest BCUT2D eigenvalue weighted by Gasteiger charge is -2.29. The molecule has 4 aromatic rings. The van der Waals surface area contributed by atoms with Gasteiger partial charge in [-0.2, -0.15) is 0 Å². The molecular formula is C26H26N2O2S2. The summed E-state index contributed by atoms with van der Waals surface area (Å²) in [6, 6.07) is 14.6. The number of hydrogen-bond donors (Lipinski definition) is 2. The maximum atomic E-state index is 12.2. The summed E-state index contributed by atoms with van der Waals surface area (Å²) in [5, 5.41) is 14.3. The Morgan fingerprint density at radius 3 is 2.69 bits per heavy atom. The Hall–Kier alpha value is -2.70. The Balaban J connectivity index is 1.36. The van der Waals surface area contributed by atoms with Crippen molar-refractivity contribution >= 4 is 44.0 Å². The summed E-state index contributed by atoms with van der Waals surface area (Å²) >= 11 is 3.32. The third-order valence-electron chi connectivity index (χ3n) is 6.19. The zero-order valence-corrected chi connectivity index (χ0v) is 20.1. The van der Waals surface area contributed by atoms with Crippen LogP contribution in [0.5, 0.6) is 0 Å². The second-order valence-corrected chi connectivity index (χ2v) is 11.5. The smallest absolute Gasteiger partial charge is 0.337 e. The fourth-order valence-electron chi connectivity index (χ4n) is 4.41. The Labute approximate surface area is 196 Å². The van der Waals surface area contributed by atoms with Crippen LogP contribution >= 0.6 is 22.7 Å². The number of benzene rings is 2. The summed E-state index contributed by atoms with van der Waals surface area (Å²) in [6.45, 7) is 7.23. The van der Waals surface area contributed by atoms with E-state index in [1.54, 1.807) is 22.7 Å². The van der Waals surface area contributed by atoms with Gasteiger partial charge >= 0.3 is 5.97 Å². The molecule has 6 heteroatoms. The molecule has 164 valence electrons. The van der Waals surface area contributed by atoms with Crippen LogP contribution in [-0.4, -0.2) is 16.1 Å². The van der Waals surface area contributed by atoms with E-state index in [2.05, 4.69) is 61.4 Å².